The highest BCUT2D eigenvalue weighted by molar-refractivity contribution is 5.89. The van der Waals surface area contributed by atoms with Crippen LogP contribution in [0.1, 0.15) is 35.6 Å². The zero-order chi connectivity index (χ0) is 17.2. The number of anilines is 1. The molecule has 2 aromatic rings. The number of halogens is 3. The number of urea groups is 1. The topological polar surface area (TPSA) is 41.1 Å². The molecule has 126 valence electrons. The Bertz CT molecular complexity index is 743. The minimum absolute atomic E-state index is 0.117. The molecule has 0 bridgehead atoms. The van der Waals surface area contributed by atoms with Crippen LogP contribution in [0.15, 0.2) is 48.5 Å². The molecule has 0 fully saturated rings. The van der Waals surface area contributed by atoms with Gasteiger partial charge in [-0.2, -0.15) is 13.2 Å². The second-order valence-corrected chi connectivity index (χ2v) is 5.82. The van der Waals surface area contributed by atoms with Crippen LogP contribution < -0.4 is 10.6 Å². The van der Waals surface area contributed by atoms with Gasteiger partial charge in [-0.05, 0) is 48.6 Å². The number of alkyl halides is 3. The third-order valence-electron chi connectivity index (χ3n) is 4.12. The summed E-state index contributed by atoms with van der Waals surface area (Å²) < 4.78 is 38.1. The maximum Gasteiger partial charge on any atom is 0.416 e. The van der Waals surface area contributed by atoms with Crippen molar-refractivity contribution in [3.63, 3.8) is 0 Å². The van der Waals surface area contributed by atoms with Gasteiger partial charge < -0.3 is 10.6 Å². The largest absolute Gasteiger partial charge is 0.416 e. The van der Waals surface area contributed by atoms with Crippen molar-refractivity contribution >= 4 is 11.7 Å². The zero-order valence-corrected chi connectivity index (χ0v) is 12.9. The number of hydrogen-bond donors (Lipinski definition) is 2. The predicted octanol–water partition coefficient (Wildman–Crippen LogP) is 4.90. The van der Waals surface area contributed by atoms with Gasteiger partial charge in [-0.1, -0.05) is 30.3 Å². The molecule has 0 aliphatic heterocycles. The summed E-state index contributed by atoms with van der Waals surface area (Å²) in [4.78, 5) is 12.1. The summed E-state index contributed by atoms with van der Waals surface area (Å²) in [6.45, 7) is 0. The fourth-order valence-corrected chi connectivity index (χ4v) is 3.00. The van der Waals surface area contributed by atoms with Gasteiger partial charge in [0.25, 0.3) is 0 Å². The summed E-state index contributed by atoms with van der Waals surface area (Å²) in [5, 5.41) is 5.33. The highest BCUT2D eigenvalue weighted by Gasteiger charge is 2.30. The third-order valence-corrected chi connectivity index (χ3v) is 4.12. The van der Waals surface area contributed by atoms with E-state index < -0.39 is 17.8 Å². The number of carbonyl (C=O) groups is 1. The van der Waals surface area contributed by atoms with Crippen molar-refractivity contribution in [1.29, 1.82) is 0 Å². The zero-order valence-electron chi connectivity index (χ0n) is 12.9. The molecular weight excluding hydrogens is 317 g/mol. The summed E-state index contributed by atoms with van der Waals surface area (Å²) in [5.41, 5.74) is 1.60. The van der Waals surface area contributed by atoms with Gasteiger partial charge in [0.05, 0.1) is 11.6 Å². The van der Waals surface area contributed by atoms with Crippen LogP contribution >= 0.6 is 0 Å². The SMILES string of the molecule is O=C(Nc1cccc(C(F)(F)F)c1)NC1CCCc2ccccc21. The van der Waals surface area contributed by atoms with E-state index in [1.807, 2.05) is 24.3 Å². The first-order chi connectivity index (χ1) is 11.4. The molecule has 0 radical (unpaired) electrons. The Kier molecular flexibility index (Phi) is 4.46. The summed E-state index contributed by atoms with van der Waals surface area (Å²) in [7, 11) is 0. The minimum atomic E-state index is -4.43. The summed E-state index contributed by atoms with van der Waals surface area (Å²) in [6, 6.07) is 11.9. The van der Waals surface area contributed by atoms with Crippen molar-refractivity contribution < 1.29 is 18.0 Å². The first-order valence-corrected chi connectivity index (χ1v) is 7.76. The number of rotatable bonds is 2. The lowest BCUT2D eigenvalue weighted by Crippen LogP contribution is -2.34. The summed E-state index contributed by atoms with van der Waals surface area (Å²) >= 11 is 0. The van der Waals surface area contributed by atoms with E-state index in [1.54, 1.807) is 0 Å². The highest BCUT2D eigenvalue weighted by atomic mass is 19.4. The molecule has 0 heterocycles. The Morgan fingerprint density at radius 3 is 2.67 bits per heavy atom. The van der Waals surface area contributed by atoms with E-state index in [4.69, 9.17) is 0 Å². The van der Waals surface area contributed by atoms with Gasteiger partial charge in [-0.25, -0.2) is 4.79 Å². The lowest BCUT2D eigenvalue weighted by Gasteiger charge is -2.26. The van der Waals surface area contributed by atoms with Crippen molar-refractivity contribution in [2.24, 2.45) is 0 Å². The molecule has 0 saturated carbocycles. The lowest BCUT2D eigenvalue weighted by atomic mass is 9.88. The molecule has 1 atom stereocenters. The maximum absolute atomic E-state index is 12.7. The number of carbonyl (C=O) groups excluding carboxylic acids is 1. The normalized spacial score (nSPS) is 17.0. The Balaban J connectivity index is 1.69. The van der Waals surface area contributed by atoms with Crippen LogP contribution in [-0.4, -0.2) is 6.03 Å². The van der Waals surface area contributed by atoms with Crippen LogP contribution in [-0.2, 0) is 12.6 Å². The van der Waals surface area contributed by atoms with Crippen molar-refractivity contribution in [1.82, 2.24) is 5.32 Å². The second-order valence-electron chi connectivity index (χ2n) is 5.82. The van der Waals surface area contributed by atoms with Crippen LogP contribution in [0.25, 0.3) is 0 Å². The standard InChI is InChI=1S/C18H17F3N2O/c19-18(20,21)13-7-4-8-14(11-13)22-17(24)23-16-10-3-6-12-5-1-2-9-15(12)16/h1-2,4-5,7-9,11,16H,3,6,10H2,(H2,22,23,24). The minimum Gasteiger partial charge on any atom is -0.331 e. The van der Waals surface area contributed by atoms with Gasteiger partial charge in [-0.3, -0.25) is 0 Å². The van der Waals surface area contributed by atoms with Gasteiger partial charge in [0.2, 0.25) is 0 Å². The van der Waals surface area contributed by atoms with Crippen LogP contribution in [0.2, 0.25) is 0 Å². The van der Waals surface area contributed by atoms with Crippen LogP contribution in [0.3, 0.4) is 0 Å². The van der Waals surface area contributed by atoms with E-state index >= 15 is 0 Å². The molecule has 3 rings (SSSR count). The quantitative estimate of drug-likeness (QED) is 0.805. The van der Waals surface area contributed by atoms with E-state index in [0.29, 0.717) is 0 Å². The monoisotopic (exact) mass is 334 g/mol. The fourth-order valence-electron chi connectivity index (χ4n) is 3.00. The summed E-state index contributed by atoms with van der Waals surface area (Å²) in [6.07, 6.45) is -1.68. The molecule has 24 heavy (non-hydrogen) atoms. The van der Waals surface area contributed by atoms with Gasteiger partial charge >= 0.3 is 12.2 Å². The molecule has 2 amide bonds. The average Bonchev–Trinajstić information content (AvgIpc) is 2.54. The number of fused-ring (bicyclic) bond motifs is 1. The number of hydrogen-bond acceptors (Lipinski definition) is 1. The van der Waals surface area contributed by atoms with Crippen LogP contribution in [0.5, 0.6) is 0 Å². The number of aryl methyl sites for hydroxylation is 1. The molecule has 6 heteroatoms. The molecule has 1 unspecified atom stereocenters. The maximum atomic E-state index is 12.7. The molecule has 0 aromatic heterocycles. The number of amides is 2. The highest BCUT2D eigenvalue weighted by Crippen LogP contribution is 2.31. The Hall–Kier alpha value is -2.50. The molecule has 2 aromatic carbocycles. The first-order valence-electron chi connectivity index (χ1n) is 7.76. The van der Waals surface area contributed by atoms with Crippen LogP contribution in [0, 0.1) is 0 Å². The molecule has 1 aliphatic carbocycles. The Morgan fingerprint density at radius 2 is 1.88 bits per heavy atom. The number of nitrogens with one attached hydrogen (secondary N) is 2. The smallest absolute Gasteiger partial charge is 0.331 e. The van der Waals surface area contributed by atoms with E-state index in [1.165, 1.54) is 17.7 Å². The van der Waals surface area contributed by atoms with E-state index in [0.717, 1.165) is 37.0 Å². The molecule has 2 N–H and O–H groups in total. The van der Waals surface area contributed by atoms with Crippen molar-refractivity contribution in [3.05, 3.63) is 65.2 Å². The summed E-state index contributed by atoms with van der Waals surface area (Å²) in [5.74, 6) is 0. The van der Waals surface area contributed by atoms with E-state index in [2.05, 4.69) is 10.6 Å². The van der Waals surface area contributed by atoms with Crippen LogP contribution in [0.4, 0.5) is 23.7 Å². The van der Waals surface area contributed by atoms with Crippen molar-refractivity contribution in [2.45, 2.75) is 31.5 Å². The average molecular weight is 334 g/mol. The Morgan fingerprint density at radius 1 is 1.08 bits per heavy atom. The molecule has 3 nitrogen and oxygen atoms in total. The second kappa shape index (κ2) is 6.55. The van der Waals surface area contributed by atoms with Gasteiger partial charge in [-0.15, -0.1) is 0 Å². The van der Waals surface area contributed by atoms with Gasteiger partial charge in [0, 0.05) is 5.69 Å². The number of benzene rings is 2. The fraction of sp³-hybridized carbons (Fsp3) is 0.278. The predicted molar refractivity (Wildman–Crippen MR) is 85.7 cm³/mol. The van der Waals surface area contributed by atoms with Crippen molar-refractivity contribution in [3.8, 4) is 0 Å². The molecule has 0 saturated heterocycles. The third kappa shape index (κ3) is 3.69. The van der Waals surface area contributed by atoms with Gasteiger partial charge in [0.1, 0.15) is 0 Å². The first kappa shape index (κ1) is 16.4. The molecule has 1 aliphatic rings. The van der Waals surface area contributed by atoms with E-state index in [9.17, 15) is 18.0 Å². The van der Waals surface area contributed by atoms with Gasteiger partial charge in [0.15, 0.2) is 0 Å². The molecule has 0 spiro atoms. The van der Waals surface area contributed by atoms with E-state index in [-0.39, 0.29) is 11.7 Å². The molecular formula is C18H17F3N2O. The van der Waals surface area contributed by atoms with Crippen molar-refractivity contribution in [2.75, 3.05) is 5.32 Å². The lowest BCUT2D eigenvalue weighted by molar-refractivity contribution is -0.137. The Labute approximate surface area is 137 Å².